The van der Waals surface area contributed by atoms with E-state index in [1.165, 1.54) is 17.7 Å². The van der Waals surface area contributed by atoms with E-state index < -0.39 is 0 Å². The van der Waals surface area contributed by atoms with Crippen LogP contribution >= 0.6 is 0 Å². The van der Waals surface area contributed by atoms with Gasteiger partial charge in [-0.25, -0.2) is 0 Å². The van der Waals surface area contributed by atoms with E-state index in [0.29, 0.717) is 0 Å². The highest BCUT2D eigenvalue weighted by molar-refractivity contribution is 5.94. The molecule has 0 aromatic carbocycles. The Balaban J connectivity index is 2.19. The number of rotatable bonds is 0. The highest BCUT2D eigenvalue weighted by atomic mass is 16.2. The van der Waals surface area contributed by atoms with Crippen molar-refractivity contribution in [2.45, 2.75) is 25.8 Å². The second-order valence-electron chi connectivity index (χ2n) is 3.76. The lowest BCUT2D eigenvalue weighted by atomic mass is 10.2. The third kappa shape index (κ3) is 0.870. The number of carbonyl (C=O) groups is 1. The molecule has 3 nitrogen and oxygen atoms in total. The van der Waals surface area contributed by atoms with Crippen LogP contribution in [0.3, 0.4) is 0 Å². The van der Waals surface area contributed by atoms with Gasteiger partial charge in [-0.1, -0.05) is 0 Å². The predicted octanol–water partition coefficient (Wildman–Crippen LogP) is 0.720. The van der Waals surface area contributed by atoms with Crippen LogP contribution in [0.2, 0.25) is 0 Å². The van der Waals surface area contributed by atoms with E-state index in [1.54, 1.807) is 0 Å². The Morgan fingerprint density at radius 2 is 2.31 bits per heavy atom. The van der Waals surface area contributed by atoms with Gasteiger partial charge >= 0.3 is 0 Å². The minimum Gasteiger partial charge on any atom is -0.349 e. The van der Waals surface area contributed by atoms with Gasteiger partial charge in [0.15, 0.2) is 0 Å². The highest BCUT2D eigenvalue weighted by Gasteiger charge is 2.24. The maximum absolute atomic E-state index is 11.5. The number of amides is 1. The van der Waals surface area contributed by atoms with Gasteiger partial charge in [0.1, 0.15) is 5.69 Å². The number of hydrogen-bond donors (Lipinski definition) is 1. The molecule has 0 radical (unpaired) electrons. The summed E-state index contributed by atoms with van der Waals surface area (Å²) in [5.74, 6) is 0.0978. The first kappa shape index (κ1) is 7.18. The Labute approximate surface area is 76.7 Å². The van der Waals surface area contributed by atoms with Crippen molar-refractivity contribution < 1.29 is 4.79 Å². The van der Waals surface area contributed by atoms with E-state index in [0.717, 1.165) is 31.6 Å². The van der Waals surface area contributed by atoms with Crippen LogP contribution in [0.25, 0.3) is 0 Å². The zero-order valence-corrected chi connectivity index (χ0v) is 7.47. The summed E-state index contributed by atoms with van der Waals surface area (Å²) in [6.07, 6.45) is 3.57. The number of carbonyl (C=O) groups excluding carboxylic acids is 1. The zero-order valence-electron chi connectivity index (χ0n) is 7.47. The maximum Gasteiger partial charge on any atom is 0.267 e. The highest BCUT2D eigenvalue weighted by Crippen LogP contribution is 2.26. The Bertz CT molecular complexity index is 379. The lowest BCUT2D eigenvalue weighted by Crippen LogP contribution is -2.35. The number of hydrogen-bond acceptors (Lipinski definition) is 1. The van der Waals surface area contributed by atoms with Crippen molar-refractivity contribution in [1.82, 2.24) is 9.88 Å². The second kappa shape index (κ2) is 2.37. The lowest BCUT2D eigenvalue weighted by molar-refractivity contribution is 0.0927. The zero-order chi connectivity index (χ0) is 8.84. The minimum atomic E-state index is 0.0978. The van der Waals surface area contributed by atoms with E-state index in [2.05, 4.69) is 16.0 Å². The van der Waals surface area contributed by atoms with Gasteiger partial charge in [-0.05, 0) is 30.9 Å². The Hall–Kier alpha value is -1.25. The fourth-order valence-electron chi connectivity index (χ4n) is 2.42. The summed E-state index contributed by atoms with van der Waals surface area (Å²) < 4.78 is 2.20. The molecule has 1 aliphatic carbocycles. The van der Waals surface area contributed by atoms with Crippen molar-refractivity contribution in [2.75, 3.05) is 6.54 Å². The average molecular weight is 176 g/mol. The Kier molecular flexibility index (Phi) is 1.31. The van der Waals surface area contributed by atoms with E-state index in [9.17, 15) is 4.79 Å². The van der Waals surface area contributed by atoms with E-state index in [-0.39, 0.29) is 5.91 Å². The lowest BCUT2D eigenvalue weighted by Gasteiger charge is -2.17. The van der Waals surface area contributed by atoms with Crippen LogP contribution in [0.5, 0.6) is 0 Å². The number of aromatic nitrogens is 1. The normalized spacial score (nSPS) is 19.5. The number of aryl methyl sites for hydroxylation is 1. The van der Waals surface area contributed by atoms with Crippen LogP contribution in [0.15, 0.2) is 6.07 Å². The molecule has 0 saturated heterocycles. The molecule has 2 heterocycles. The molecular formula is C10H12N2O. The third-order valence-electron chi connectivity index (χ3n) is 3.01. The summed E-state index contributed by atoms with van der Waals surface area (Å²) in [5.41, 5.74) is 3.67. The first-order valence-electron chi connectivity index (χ1n) is 4.86. The van der Waals surface area contributed by atoms with Crippen LogP contribution in [-0.4, -0.2) is 17.0 Å². The molecule has 0 fully saturated rings. The minimum absolute atomic E-state index is 0.0978. The molecule has 1 aliphatic heterocycles. The van der Waals surface area contributed by atoms with Gasteiger partial charge in [0.05, 0.1) is 0 Å². The summed E-state index contributed by atoms with van der Waals surface area (Å²) >= 11 is 0. The molecule has 0 bridgehead atoms. The summed E-state index contributed by atoms with van der Waals surface area (Å²) in [6.45, 7) is 1.74. The maximum atomic E-state index is 11.5. The van der Waals surface area contributed by atoms with Crippen molar-refractivity contribution in [3.63, 3.8) is 0 Å². The average Bonchev–Trinajstić information content (AvgIpc) is 2.65. The largest absolute Gasteiger partial charge is 0.349 e. The second-order valence-corrected chi connectivity index (χ2v) is 3.76. The predicted molar refractivity (Wildman–Crippen MR) is 48.8 cm³/mol. The molecule has 68 valence electrons. The molecule has 0 saturated carbocycles. The first-order valence-corrected chi connectivity index (χ1v) is 4.86. The number of nitrogens with one attached hydrogen (secondary N) is 1. The number of fused-ring (bicyclic) bond motifs is 3. The topological polar surface area (TPSA) is 34.0 Å². The van der Waals surface area contributed by atoms with Crippen LogP contribution < -0.4 is 5.32 Å². The van der Waals surface area contributed by atoms with Gasteiger partial charge in [-0.2, -0.15) is 0 Å². The third-order valence-corrected chi connectivity index (χ3v) is 3.01. The molecule has 1 aromatic heterocycles. The molecule has 1 amide bonds. The molecule has 1 N–H and O–H groups in total. The van der Waals surface area contributed by atoms with Crippen LogP contribution in [0, 0.1) is 0 Å². The Morgan fingerprint density at radius 3 is 3.23 bits per heavy atom. The molecular weight excluding hydrogens is 164 g/mol. The van der Waals surface area contributed by atoms with E-state index in [1.807, 2.05) is 0 Å². The van der Waals surface area contributed by atoms with E-state index >= 15 is 0 Å². The molecule has 13 heavy (non-hydrogen) atoms. The molecule has 3 rings (SSSR count). The van der Waals surface area contributed by atoms with Gasteiger partial charge in [0.2, 0.25) is 0 Å². The molecule has 0 atom stereocenters. The summed E-state index contributed by atoms with van der Waals surface area (Å²) in [4.78, 5) is 11.5. The summed E-state index contributed by atoms with van der Waals surface area (Å²) in [6, 6.07) is 2.07. The van der Waals surface area contributed by atoms with Crippen LogP contribution in [0.1, 0.15) is 28.2 Å². The smallest absolute Gasteiger partial charge is 0.267 e. The van der Waals surface area contributed by atoms with Gasteiger partial charge in [0, 0.05) is 18.8 Å². The quantitative estimate of drug-likeness (QED) is 0.621. The fourth-order valence-corrected chi connectivity index (χ4v) is 2.42. The fraction of sp³-hybridized carbons (Fsp3) is 0.500. The standard InChI is InChI=1S/C10H12N2O/c13-10-9-6-7-2-1-3-8(7)12(9)5-4-11-10/h6H,1-5H2,(H,11,13). The van der Waals surface area contributed by atoms with Crippen molar-refractivity contribution in [3.8, 4) is 0 Å². The molecule has 2 aliphatic rings. The van der Waals surface area contributed by atoms with Gasteiger partial charge in [-0.3, -0.25) is 4.79 Å². The monoisotopic (exact) mass is 176 g/mol. The van der Waals surface area contributed by atoms with Crippen molar-refractivity contribution in [1.29, 1.82) is 0 Å². The van der Waals surface area contributed by atoms with Crippen molar-refractivity contribution >= 4 is 5.91 Å². The first-order chi connectivity index (χ1) is 6.36. The van der Waals surface area contributed by atoms with Crippen LogP contribution in [0.4, 0.5) is 0 Å². The molecule has 0 spiro atoms. The van der Waals surface area contributed by atoms with Gasteiger partial charge in [0.25, 0.3) is 5.91 Å². The summed E-state index contributed by atoms with van der Waals surface area (Å²) in [7, 11) is 0. The van der Waals surface area contributed by atoms with Crippen LogP contribution in [-0.2, 0) is 19.4 Å². The van der Waals surface area contributed by atoms with E-state index in [4.69, 9.17) is 0 Å². The SMILES string of the molecule is O=C1NCCn2c1cc1c2CCC1. The molecule has 1 aromatic rings. The van der Waals surface area contributed by atoms with Crippen molar-refractivity contribution in [3.05, 3.63) is 23.0 Å². The number of nitrogens with zero attached hydrogens (tertiary/aromatic N) is 1. The van der Waals surface area contributed by atoms with Gasteiger partial charge < -0.3 is 9.88 Å². The molecule has 0 unspecified atom stereocenters. The van der Waals surface area contributed by atoms with Crippen molar-refractivity contribution in [2.24, 2.45) is 0 Å². The summed E-state index contributed by atoms with van der Waals surface area (Å²) in [5, 5.41) is 2.87. The molecule has 3 heteroatoms. The Morgan fingerprint density at radius 1 is 1.38 bits per heavy atom. The van der Waals surface area contributed by atoms with Gasteiger partial charge in [-0.15, -0.1) is 0 Å².